The van der Waals surface area contributed by atoms with E-state index in [0.717, 1.165) is 29.7 Å². The van der Waals surface area contributed by atoms with Gasteiger partial charge in [0.25, 0.3) is 0 Å². The van der Waals surface area contributed by atoms with E-state index < -0.39 is 17.8 Å². The quantitative estimate of drug-likeness (QED) is 0.580. The number of hydrogen-bond acceptors (Lipinski definition) is 2. The van der Waals surface area contributed by atoms with Crippen LogP contribution in [0.4, 0.5) is 13.2 Å². The maximum absolute atomic E-state index is 13.2. The molecule has 0 saturated heterocycles. The molecule has 3 aromatic carbocycles. The molecule has 0 heterocycles. The van der Waals surface area contributed by atoms with E-state index in [9.17, 15) is 18.3 Å². The van der Waals surface area contributed by atoms with Crippen LogP contribution in [0.2, 0.25) is 0 Å². The molecule has 3 rings (SSSR count). The lowest BCUT2D eigenvalue weighted by molar-refractivity contribution is -0.137. The number of fused-ring (bicyclic) bond motifs is 1. The van der Waals surface area contributed by atoms with Gasteiger partial charge in [-0.15, -0.1) is 0 Å². The van der Waals surface area contributed by atoms with E-state index in [1.807, 2.05) is 31.2 Å². The molecular formula is C22H21F3O2. The van der Waals surface area contributed by atoms with Gasteiger partial charge in [-0.1, -0.05) is 55.5 Å². The highest BCUT2D eigenvalue weighted by Gasteiger charge is 2.31. The first kappa shape index (κ1) is 19.2. The molecule has 3 aromatic rings. The summed E-state index contributed by atoms with van der Waals surface area (Å²) >= 11 is 0. The molecule has 2 nitrogen and oxygen atoms in total. The average Bonchev–Trinajstić information content (AvgIpc) is 2.66. The fourth-order valence-electron chi connectivity index (χ4n) is 3.18. The van der Waals surface area contributed by atoms with Crippen LogP contribution in [0.3, 0.4) is 0 Å². The SMILES string of the molecule is CCc1ccccc1C(O)CCOc1cc(C(F)(F)F)cc2ccccc12. The van der Waals surface area contributed by atoms with Gasteiger partial charge in [-0.25, -0.2) is 0 Å². The summed E-state index contributed by atoms with van der Waals surface area (Å²) in [6, 6.07) is 16.6. The number of hydrogen-bond donors (Lipinski definition) is 1. The Morgan fingerprint density at radius 2 is 1.70 bits per heavy atom. The fourth-order valence-corrected chi connectivity index (χ4v) is 3.18. The van der Waals surface area contributed by atoms with E-state index in [0.29, 0.717) is 17.2 Å². The van der Waals surface area contributed by atoms with Crippen molar-refractivity contribution in [3.8, 4) is 5.75 Å². The number of rotatable bonds is 6. The number of benzene rings is 3. The summed E-state index contributed by atoms with van der Waals surface area (Å²) in [5.41, 5.74) is 1.14. The lowest BCUT2D eigenvalue weighted by Gasteiger charge is -2.17. The summed E-state index contributed by atoms with van der Waals surface area (Å²) in [4.78, 5) is 0. The highest BCUT2D eigenvalue weighted by atomic mass is 19.4. The van der Waals surface area contributed by atoms with E-state index >= 15 is 0 Å². The second-order valence-corrected chi connectivity index (χ2v) is 6.40. The molecule has 0 aliphatic rings. The van der Waals surface area contributed by atoms with Crippen LogP contribution in [-0.2, 0) is 12.6 Å². The Labute approximate surface area is 156 Å². The molecule has 142 valence electrons. The Kier molecular flexibility index (Phi) is 5.71. The van der Waals surface area contributed by atoms with Gasteiger partial charge in [0.05, 0.1) is 18.3 Å². The van der Waals surface area contributed by atoms with Gasteiger partial charge >= 0.3 is 6.18 Å². The van der Waals surface area contributed by atoms with Gasteiger partial charge in [0.2, 0.25) is 0 Å². The third-order valence-corrected chi connectivity index (χ3v) is 4.60. The zero-order valence-electron chi connectivity index (χ0n) is 15.0. The number of halogens is 3. The normalized spacial score (nSPS) is 12.9. The number of alkyl halides is 3. The van der Waals surface area contributed by atoms with E-state index in [1.165, 1.54) is 0 Å². The Hall–Kier alpha value is -2.53. The molecule has 27 heavy (non-hydrogen) atoms. The van der Waals surface area contributed by atoms with Gasteiger partial charge in [-0.05, 0) is 35.1 Å². The van der Waals surface area contributed by atoms with E-state index in [4.69, 9.17) is 4.74 Å². The molecule has 0 spiro atoms. The van der Waals surface area contributed by atoms with Crippen LogP contribution in [0.1, 0.15) is 36.1 Å². The smallest absolute Gasteiger partial charge is 0.416 e. The summed E-state index contributed by atoms with van der Waals surface area (Å²) < 4.78 is 45.1. The predicted octanol–water partition coefficient (Wildman–Crippen LogP) is 5.92. The molecule has 1 N–H and O–H groups in total. The Morgan fingerprint density at radius 3 is 2.44 bits per heavy atom. The first-order valence-electron chi connectivity index (χ1n) is 8.88. The average molecular weight is 374 g/mol. The van der Waals surface area contributed by atoms with Crippen molar-refractivity contribution in [1.82, 2.24) is 0 Å². The summed E-state index contributed by atoms with van der Waals surface area (Å²) in [7, 11) is 0. The minimum Gasteiger partial charge on any atom is -0.493 e. The van der Waals surface area contributed by atoms with Gasteiger partial charge in [0.1, 0.15) is 5.75 Å². The minimum atomic E-state index is -4.44. The zero-order chi connectivity index (χ0) is 19.4. The lowest BCUT2D eigenvalue weighted by Crippen LogP contribution is -2.09. The number of aliphatic hydroxyl groups is 1. The molecule has 5 heteroatoms. The maximum atomic E-state index is 13.2. The number of aryl methyl sites for hydroxylation is 1. The second kappa shape index (κ2) is 8.01. The van der Waals surface area contributed by atoms with Crippen LogP contribution in [0.15, 0.2) is 60.7 Å². The Balaban J connectivity index is 1.78. The monoisotopic (exact) mass is 374 g/mol. The third kappa shape index (κ3) is 4.42. The van der Waals surface area contributed by atoms with Crippen LogP contribution < -0.4 is 4.74 Å². The van der Waals surface area contributed by atoms with Crippen LogP contribution in [0, 0.1) is 0 Å². The van der Waals surface area contributed by atoms with Crippen molar-refractivity contribution in [3.05, 3.63) is 77.4 Å². The Morgan fingerprint density at radius 1 is 1.00 bits per heavy atom. The van der Waals surface area contributed by atoms with Crippen molar-refractivity contribution in [2.24, 2.45) is 0 Å². The molecule has 0 amide bonds. The number of ether oxygens (including phenoxy) is 1. The van der Waals surface area contributed by atoms with Gasteiger partial charge in [-0.2, -0.15) is 13.2 Å². The molecule has 0 bridgehead atoms. The van der Waals surface area contributed by atoms with Crippen LogP contribution >= 0.6 is 0 Å². The first-order chi connectivity index (χ1) is 12.9. The van der Waals surface area contributed by atoms with Gasteiger partial charge in [0.15, 0.2) is 0 Å². The van der Waals surface area contributed by atoms with Gasteiger partial charge in [0, 0.05) is 11.8 Å². The third-order valence-electron chi connectivity index (χ3n) is 4.60. The largest absolute Gasteiger partial charge is 0.493 e. The van der Waals surface area contributed by atoms with Crippen LogP contribution in [-0.4, -0.2) is 11.7 Å². The highest BCUT2D eigenvalue weighted by Crippen LogP contribution is 2.36. The zero-order valence-corrected chi connectivity index (χ0v) is 15.0. The summed E-state index contributed by atoms with van der Waals surface area (Å²) in [5, 5.41) is 11.5. The molecule has 0 aliphatic heterocycles. The predicted molar refractivity (Wildman–Crippen MR) is 99.8 cm³/mol. The molecule has 0 saturated carbocycles. The molecule has 1 unspecified atom stereocenters. The Bertz CT molecular complexity index is 919. The summed E-state index contributed by atoms with van der Waals surface area (Å²) in [5.74, 6) is 0.177. The van der Waals surface area contributed by atoms with Gasteiger partial charge in [-0.3, -0.25) is 0 Å². The molecule has 0 aliphatic carbocycles. The maximum Gasteiger partial charge on any atom is 0.416 e. The van der Waals surface area contributed by atoms with E-state index in [-0.39, 0.29) is 12.4 Å². The van der Waals surface area contributed by atoms with E-state index in [1.54, 1.807) is 24.3 Å². The van der Waals surface area contributed by atoms with Crippen molar-refractivity contribution >= 4 is 10.8 Å². The molecule has 0 radical (unpaired) electrons. The standard InChI is InChI=1S/C22H21F3O2/c1-2-15-7-3-5-9-18(15)20(26)11-12-27-21-14-17(22(23,24)25)13-16-8-4-6-10-19(16)21/h3-10,13-14,20,26H,2,11-12H2,1H3. The summed E-state index contributed by atoms with van der Waals surface area (Å²) in [6.45, 7) is 2.13. The summed E-state index contributed by atoms with van der Waals surface area (Å²) in [6.07, 6.45) is -4.08. The second-order valence-electron chi connectivity index (χ2n) is 6.40. The van der Waals surface area contributed by atoms with Crippen molar-refractivity contribution in [3.63, 3.8) is 0 Å². The first-order valence-corrected chi connectivity index (χ1v) is 8.88. The van der Waals surface area contributed by atoms with E-state index in [2.05, 4.69) is 0 Å². The molecule has 0 fully saturated rings. The van der Waals surface area contributed by atoms with Crippen molar-refractivity contribution in [2.45, 2.75) is 32.0 Å². The molecule has 0 aromatic heterocycles. The van der Waals surface area contributed by atoms with Crippen LogP contribution in [0.25, 0.3) is 10.8 Å². The van der Waals surface area contributed by atoms with Crippen LogP contribution in [0.5, 0.6) is 5.75 Å². The number of aliphatic hydroxyl groups excluding tert-OH is 1. The lowest BCUT2D eigenvalue weighted by atomic mass is 9.99. The van der Waals surface area contributed by atoms with Crippen molar-refractivity contribution in [1.29, 1.82) is 0 Å². The van der Waals surface area contributed by atoms with Crippen molar-refractivity contribution in [2.75, 3.05) is 6.61 Å². The fraction of sp³-hybridized carbons (Fsp3) is 0.273. The van der Waals surface area contributed by atoms with Gasteiger partial charge < -0.3 is 9.84 Å². The molecular weight excluding hydrogens is 353 g/mol. The topological polar surface area (TPSA) is 29.5 Å². The molecule has 1 atom stereocenters. The highest BCUT2D eigenvalue weighted by molar-refractivity contribution is 5.89. The minimum absolute atomic E-state index is 0.116. The van der Waals surface area contributed by atoms with Crippen molar-refractivity contribution < 1.29 is 23.0 Å².